The molecule has 4 nitrogen and oxygen atoms in total. The van der Waals surface area contributed by atoms with E-state index >= 15 is 0 Å². The Labute approximate surface area is 94.8 Å². The molecule has 0 spiro atoms. The second-order valence-electron chi connectivity index (χ2n) is 4.07. The summed E-state index contributed by atoms with van der Waals surface area (Å²) in [6.07, 6.45) is 5.75. The molecule has 1 aromatic heterocycles. The Bertz CT molecular complexity index is 293. The van der Waals surface area contributed by atoms with E-state index in [4.69, 9.17) is 0 Å². The first-order chi connectivity index (χ1) is 7.36. The molecule has 0 bridgehead atoms. The summed E-state index contributed by atoms with van der Waals surface area (Å²) >= 11 is 1.81. The van der Waals surface area contributed by atoms with E-state index in [0.29, 0.717) is 0 Å². The third kappa shape index (κ3) is 3.21. The molecule has 1 aromatic rings. The fraction of sp³-hybridized carbons (Fsp3) is 0.800. The number of aryl methyl sites for hydroxylation is 1. The summed E-state index contributed by atoms with van der Waals surface area (Å²) in [5, 5.41) is 12.4. The lowest BCUT2D eigenvalue weighted by Gasteiger charge is -2.22. The van der Waals surface area contributed by atoms with Gasteiger partial charge in [-0.05, 0) is 38.3 Å². The van der Waals surface area contributed by atoms with E-state index in [1.807, 2.05) is 23.4 Å². The maximum absolute atomic E-state index is 4.06. The van der Waals surface area contributed by atoms with E-state index in [0.717, 1.165) is 16.8 Å². The van der Waals surface area contributed by atoms with Crippen LogP contribution in [0.25, 0.3) is 0 Å². The Hall–Kier alpha value is -0.550. The van der Waals surface area contributed by atoms with Gasteiger partial charge in [0.2, 0.25) is 0 Å². The minimum atomic E-state index is 0.861. The maximum atomic E-state index is 4.06. The zero-order valence-corrected chi connectivity index (χ0v) is 9.96. The van der Waals surface area contributed by atoms with E-state index in [1.54, 1.807) is 6.33 Å². The molecular weight excluding hydrogens is 208 g/mol. The van der Waals surface area contributed by atoms with Crippen LogP contribution >= 0.6 is 11.8 Å². The lowest BCUT2D eigenvalue weighted by Crippen LogP contribution is -2.29. The van der Waals surface area contributed by atoms with Gasteiger partial charge in [-0.1, -0.05) is 11.8 Å². The molecule has 1 N–H and O–H groups in total. The van der Waals surface area contributed by atoms with Crippen molar-refractivity contribution >= 4 is 11.8 Å². The van der Waals surface area contributed by atoms with Crippen LogP contribution in [-0.2, 0) is 7.05 Å². The van der Waals surface area contributed by atoms with Crippen LogP contribution in [0.4, 0.5) is 0 Å². The Balaban J connectivity index is 1.68. The predicted molar refractivity (Wildman–Crippen MR) is 61.9 cm³/mol. The fourth-order valence-corrected chi connectivity index (χ4v) is 2.88. The summed E-state index contributed by atoms with van der Waals surface area (Å²) < 4.78 is 1.98. The van der Waals surface area contributed by atoms with Gasteiger partial charge in [0, 0.05) is 12.8 Å². The van der Waals surface area contributed by atoms with Crippen LogP contribution in [0.2, 0.25) is 0 Å². The maximum Gasteiger partial charge on any atom is 0.190 e. The number of aromatic nitrogens is 3. The highest BCUT2D eigenvalue weighted by molar-refractivity contribution is 7.99. The number of nitrogens with one attached hydrogen (secondary N) is 1. The first-order valence-corrected chi connectivity index (χ1v) is 6.52. The lowest BCUT2D eigenvalue weighted by atomic mass is 9.97. The van der Waals surface area contributed by atoms with Gasteiger partial charge in [-0.25, -0.2) is 0 Å². The van der Waals surface area contributed by atoms with Crippen LogP contribution in [0.1, 0.15) is 19.3 Å². The average Bonchev–Trinajstić information content (AvgIpc) is 2.66. The summed E-state index contributed by atoms with van der Waals surface area (Å²) in [6, 6.07) is 0. The second-order valence-corrected chi connectivity index (χ2v) is 5.14. The zero-order chi connectivity index (χ0) is 10.5. The van der Waals surface area contributed by atoms with Gasteiger partial charge < -0.3 is 9.88 Å². The predicted octanol–water partition coefficient (Wildman–Crippen LogP) is 1.30. The van der Waals surface area contributed by atoms with E-state index < -0.39 is 0 Å². The summed E-state index contributed by atoms with van der Waals surface area (Å²) in [5.41, 5.74) is 0. The molecule has 1 aliphatic heterocycles. The van der Waals surface area contributed by atoms with Crippen molar-refractivity contribution < 1.29 is 0 Å². The van der Waals surface area contributed by atoms with Crippen molar-refractivity contribution in [3.05, 3.63) is 6.33 Å². The number of nitrogens with zero attached hydrogens (tertiary/aromatic N) is 3. The minimum absolute atomic E-state index is 0.861. The summed E-state index contributed by atoms with van der Waals surface area (Å²) in [7, 11) is 1.99. The molecule has 0 amide bonds. The third-order valence-corrected chi connectivity index (χ3v) is 3.89. The van der Waals surface area contributed by atoms with E-state index in [2.05, 4.69) is 15.5 Å². The standard InChI is InChI=1S/C10H18N4S/c1-14-8-12-13-10(14)15-6-4-9-3-2-5-11-7-9/h8-9,11H,2-7H2,1H3. The molecule has 1 atom stereocenters. The normalized spacial score (nSPS) is 21.8. The molecule has 0 aliphatic carbocycles. The number of thioether (sulfide) groups is 1. The molecule has 1 aliphatic rings. The van der Waals surface area contributed by atoms with Gasteiger partial charge in [0.15, 0.2) is 5.16 Å². The van der Waals surface area contributed by atoms with Crippen LogP contribution < -0.4 is 5.32 Å². The van der Waals surface area contributed by atoms with Crippen molar-refractivity contribution in [2.75, 3.05) is 18.8 Å². The monoisotopic (exact) mass is 226 g/mol. The highest BCUT2D eigenvalue weighted by atomic mass is 32.2. The van der Waals surface area contributed by atoms with Crippen molar-refractivity contribution in [1.29, 1.82) is 0 Å². The number of rotatable bonds is 4. The van der Waals surface area contributed by atoms with Crippen LogP contribution in [0.15, 0.2) is 11.5 Å². The SMILES string of the molecule is Cn1cnnc1SCCC1CCCNC1. The van der Waals surface area contributed by atoms with Gasteiger partial charge in [-0.15, -0.1) is 10.2 Å². The van der Waals surface area contributed by atoms with Gasteiger partial charge >= 0.3 is 0 Å². The minimum Gasteiger partial charge on any atom is -0.316 e. The highest BCUT2D eigenvalue weighted by Gasteiger charge is 2.12. The van der Waals surface area contributed by atoms with Crippen LogP contribution in [0, 0.1) is 5.92 Å². The average molecular weight is 226 g/mol. The van der Waals surface area contributed by atoms with Crippen molar-refractivity contribution in [2.24, 2.45) is 13.0 Å². The highest BCUT2D eigenvalue weighted by Crippen LogP contribution is 2.20. The molecule has 84 valence electrons. The quantitative estimate of drug-likeness (QED) is 0.786. The Kier molecular flexibility index (Phi) is 4.02. The second kappa shape index (κ2) is 5.51. The Morgan fingerprint density at radius 1 is 1.67 bits per heavy atom. The first-order valence-electron chi connectivity index (χ1n) is 5.54. The summed E-state index contributed by atoms with van der Waals surface area (Å²) in [6.45, 7) is 2.40. The molecule has 1 fully saturated rings. The van der Waals surface area contributed by atoms with Crippen LogP contribution in [0.5, 0.6) is 0 Å². The topological polar surface area (TPSA) is 42.7 Å². The van der Waals surface area contributed by atoms with Crippen molar-refractivity contribution in [3.8, 4) is 0 Å². The molecule has 0 radical (unpaired) electrons. The Morgan fingerprint density at radius 3 is 3.27 bits per heavy atom. The number of hydrogen-bond donors (Lipinski definition) is 1. The van der Waals surface area contributed by atoms with Crippen molar-refractivity contribution in [3.63, 3.8) is 0 Å². The first kappa shape index (κ1) is 11.0. The molecule has 2 rings (SSSR count). The van der Waals surface area contributed by atoms with E-state index in [-0.39, 0.29) is 0 Å². The van der Waals surface area contributed by atoms with Gasteiger partial charge in [0.25, 0.3) is 0 Å². The summed E-state index contributed by atoms with van der Waals surface area (Å²) in [5.74, 6) is 2.01. The Morgan fingerprint density at radius 2 is 2.60 bits per heavy atom. The number of piperidine rings is 1. The van der Waals surface area contributed by atoms with Gasteiger partial charge in [-0.3, -0.25) is 0 Å². The third-order valence-electron chi connectivity index (χ3n) is 2.83. The van der Waals surface area contributed by atoms with E-state index in [1.165, 1.54) is 32.4 Å². The molecule has 0 saturated carbocycles. The lowest BCUT2D eigenvalue weighted by molar-refractivity contribution is 0.371. The van der Waals surface area contributed by atoms with Gasteiger partial charge in [-0.2, -0.15) is 0 Å². The molecule has 2 heterocycles. The molecular formula is C10H18N4S. The van der Waals surface area contributed by atoms with Crippen LogP contribution in [0.3, 0.4) is 0 Å². The molecule has 0 aromatic carbocycles. The number of hydrogen-bond acceptors (Lipinski definition) is 4. The van der Waals surface area contributed by atoms with Crippen molar-refractivity contribution in [2.45, 2.75) is 24.4 Å². The molecule has 1 saturated heterocycles. The van der Waals surface area contributed by atoms with Crippen molar-refractivity contribution in [1.82, 2.24) is 20.1 Å². The van der Waals surface area contributed by atoms with Crippen LogP contribution in [-0.4, -0.2) is 33.6 Å². The molecule has 15 heavy (non-hydrogen) atoms. The molecule has 1 unspecified atom stereocenters. The zero-order valence-electron chi connectivity index (χ0n) is 9.15. The van der Waals surface area contributed by atoms with Gasteiger partial charge in [0.1, 0.15) is 6.33 Å². The smallest absolute Gasteiger partial charge is 0.190 e. The van der Waals surface area contributed by atoms with Gasteiger partial charge in [0.05, 0.1) is 0 Å². The molecule has 5 heteroatoms. The largest absolute Gasteiger partial charge is 0.316 e. The fourth-order valence-electron chi connectivity index (χ4n) is 1.89. The van der Waals surface area contributed by atoms with E-state index in [9.17, 15) is 0 Å². The summed E-state index contributed by atoms with van der Waals surface area (Å²) in [4.78, 5) is 0.